The highest BCUT2D eigenvalue weighted by Gasteiger charge is 2.22. The average molecular weight is 377 g/mol. The third-order valence-electron chi connectivity index (χ3n) is 3.89. The van der Waals surface area contributed by atoms with E-state index >= 15 is 0 Å². The van der Waals surface area contributed by atoms with Crippen molar-refractivity contribution >= 4 is 23.4 Å². The number of anilines is 2. The van der Waals surface area contributed by atoms with E-state index in [1.54, 1.807) is 31.2 Å². The second-order valence-corrected chi connectivity index (χ2v) is 5.83. The molecule has 3 N–H and O–H groups in total. The minimum absolute atomic E-state index is 0.00595. The molecule has 2 rings (SSSR count). The van der Waals surface area contributed by atoms with Gasteiger partial charge in [0.15, 0.2) is 0 Å². The second kappa shape index (κ2) is 9.09. The molecular formula is C19H21F2N3O3. The van der Waals surface area contributed by atoms with Crippen molar-refractivity contribution in [3.05, 3.63) is 59.7 Å². The predicted molar refractivity (Wildman–Crippen MR) is 98.5 cm³/mol. The van der Waals surface area contributed by atoms with E-state index in [0.29, 0.717) is 23.5 Å². The lowest BCUT2D eigenvalue weighted by molar-refractivity contribution is -0.119. The molecular weight excluding hydrogens is 356 g/mol. The van der Waals surface area contributed by atoms with Crippen LogP contribution in [0.5, 0.6) is 0 Å². The molecule has 27 heavy (non-hydrogen) atoms. The summed E-state index contributed by atoms with van der Waals surface area (Å²) in [7, 11) is 1.26. The molecule has 0 radical (unpaired) electrons. The first kappa shape index (κ1) is 20.3. The first-order valence-corrected chi connectivity index (χ1v) is 8.31. The standard InChI is InChI=1S/C19H21F2N3O3/c1-3-24(16-6-4-15(5-7-16)23-19(26)27-2)18(25)17(22)10-12-8-13(20)11-14(21)9-12/h4-9,11,17H,3,10,22H2,1-2H3,(H,23,26)/t17-/m0/s1. The summed E-state index contributed by atoms with van der Waals surface area (Å²) in [5.41, 5.74) is 7.37. The van der Waals surface area contributed by atoms with Gasteiger partial charge in [0.05, 0.1) is 13.2 Å². The molecule has 0 bridgehead atoms. The van der Waals surface area contributed by atoms with Crippen molar-refractivity contribution in [1.82, 2.24) is 0 Å². The molecule has 8 heteroatoms. The summed E-state index contributed by atoms with van der Waals surface area (Å²) >= 11 is 0. The molecule has 144 valence electrons. The van der Waals surface area contributed by atoms with E-state index < -0.39 is 23.8 Å². The number of hydrogen-bond donors (Lipinski definition) is 2. The summed E-state index contributed by atoms with van der Waals surface area (Å²) in [4.78, 5) is 25.3. The lowest BCUT2D eigenvalue weighted by Crippen LogP contribution is -2.45. The number of carbonyl (C=O) groups is 2. The highest BCUT2D eigenvalue weighted by Crippen LogP contribution is 2.20. The largest absolute Gasteiger partial charge is 0.453 e. The van der Waals surface area contributed by atoms with Crippen molar-refractivity contribution in [3.63, 3.8) is 0 Å². The van der Waals surface area contributed by atoms with Crippen molar-refractivity contribution in [1.29, 1.82) is 0 Å². The van der Waals surface area contributed by atoms with Gasteiger partial charge in [0.2, 0.25) is 5.91 Å². The number of rotatable bonds is 6. The zero-order valence-corrected chi connectivity index (χ0v) is 15.0. The van der Waals surface area contributed by atoms with Gasteiger partial charge in [-0.25, -0.2) is 13.6 Å². The third-order valence-corrected chi connectivity index (χ3v) is 3.89. The quantitative estimate of drug-likeness (QED) is 0.810. The van der Waals surface area contributed by atoms with Crippen LogP contribution >= 0.6 is 0 Å². The summed E-state index contributed by atoms with van der Waals surface area (Å²) in [6, 6.07) is 8.66. The highest BCUT2D eigenvalue weighted by molar-refractivity contribution is 5.97. The molecule has 0 aliphatic carbocycles. The third kappa shape index (κ3) is 5.49. The Bertz CT molecular complexity index is 792. The number of nitrogens with one attached hydrogen (secondary N) is 1. The molecule has 0 unspecified atom stereocenters. The first-order chi connectivity index (χ1) is 12.8. The second-order valence-electron chi connectivity index (χ2n) is 5.83. The molecule has 6 nitrogen and oxygen atoms in total. The summed E-state index contributed by atoms with van der Waals surface area (Å²) in [5.74, 6) is -1.81. The summed E-state index contributed by atoms with van der Waals surface area (Å²) in [6.45, 7) is 2.14. The maximum Gasteiger partial charge on any atom is 0.411 e. The molecule has 0 aliphatic heterocycles. The normalized spacial score (nSPS) is 11.6. The topological polar surface area (TPSA) is 84.7 Å². The zero-order chi connectivity index (χ0) is 20.0. The van der Waals surface area contributed by atoms with Crippen LogP contribution < -0.4 is 16.0 Å². The van der Waals surface area contributed by atoms with Crippen LogP contribution in [0, 0.1) is 11.6 Å². The number of hydrogen-bond acceptors (Lipinski definition) is 4. The average Bonchev–Trinajstić information content (AvgIpc) is 2.62. The van der Waals surface area contributed by atoms with Crippen LogP contribution in [0.1, 0.15) is 12.5 Å². The monoisotopic (exact) mass is 377 g/mol. The molecule has 2 aromatic carbocycles. The fourth-order valence-electron chi connectivity index (χ4n) is 2.63. The van der Waals surface area contributed by atoms with Gasteiger partial charge in [-0.2, -0.15) is 0 Å². The Morgan fingerprint density at radius 1 is 1.15 bits per heavy atom. The molecule has 0 heterocycles. The van der Waals surface area contributed by atoms with Gasteiger partial charge in [-0.3, -0.25) is 10.1 Å². The van der Waals surface area contributed by atoms with E-state index in [1.807, 2.05) is 0 Å². The summed E-state index contributed by atoms with van der Waals surface area (Å²) < 4.78 is 31.1. The Morgan fingerprint density at radius 2 is 1.74 bits per heavy atom. The van der Waals surface area contributed by atoms with Gasteiger partial charge >= 0.3 is 6.09 Å². The fourth-order valence-corrected chi connectivity index (χ4v) is 2.63. The van der Waals surface area contributed by atoms with Crippen LogP contribution in [0.2, 0.25) is 0 Å². The lowest BCUT2D eigenvalue weighted by Gasteiger charge is -2.25. The molecule has 0 aromatic heterocycles. The molecule has 0 spiro atoms. The number of nitrogens with zero attached hydrogens (tertiary/aromatic N) is 1. The van der Waals surface area contributed by atoms with Crippen molar-refractivity contribution < 1.29 is 23.1 Å². The molecule has 0 saturated carbocycles. The van der Waals surface area contributed by atoms with Gasteiger partial charge in [-0.1, -0.05) is 0 Å². The number of halogens is 2. The van der Waals surface area contributed by atoms with Crippen LogP contribution in [0.3, 0.4) is 0 Å². The van der Waals surface area contributed by atoms with Crippen LogP contribution in [-0.2, 0) is 16.0 Å². The summed E-state index contributed by atoms with van der Waals surface area (Å²) in [6.07, 6.45) is -0.595. The number of benzene rings is 2. The van der Waals surface area contributed by atoms with E-state index in [4.69, 9.17) is 5.73 Å². The van der Waals surface area contributed by atoms with Crippen LogP contribution in [-0.4, -0.2) is 31.7 Å². The predicted octanol–water partition coefficient (Wildman–Crippen LogP) is 3.07. The van der Waals surface area contributed by atoms with E-state index in [9.17, 15) is 18.4 Å². The Balaban J connectivity index is 2.10. The van der Waals surface area contributed by atoms with Gasteiger partial charge in [0.25, 0.3) is 0 Å². The maximum atomic E-state index is 13.3. The number of ether oxygens (including phenoxy) is 1. The van der Waals surface area contributed by atoms with Crippen molar-refractivity contribution in [2.24, 2.45) is 5.73 Å². The minimum Gasteiger partial charge on any atom is -0.453 e. The van der Waals surface area contributed by atoms with Crippen LogP contribution in [0.15, 0.2) is 42.5 Å². The van der Waals surface area contributed by atoms with E-state index in [0.717, 1.165) is 18.2 Å². The minimum atomic E-state index is -0.959. The van der Waals surface area contributed by atoms with Gasteiger partial charge in [-0.15, -0.1) is 0 Å². The molecule has 0 aliphatic rings. The number of likely N-dealkylation sites (N-methyl/N-ethyl adjacent to an activating group) is 1. The summed E-state index contributed by atoms with van der Waals surface area (Å²) in [5, 5.41) is 2.51. The maximum absolute atomic E-state index is 13.3. The fraction of sp³-hybridized carbons (Fsp3) is 0.263. The Labute approximate surface area is 155 Å². The number of carbonyl (C=O) groups excluding carboxylic acids is 2. The van der Waals surface area contributed by atoms with Gasteiger partial charge in [0, 0.05) is 24.0 Å². The Kier molecular flexibility index (Phi) is 6.84. The van der Waals surface area contributed by atoms with Crippen LogP contribution in [0.25, 0.3) is 0 Å². The number of amides is 2. The van der Waals surface area contributed by atoms with Crippen molar-refractivity contribution in [3.8, 4) is 0 Å². The van der Waals surface area contributed by atoms with Crippen molar-refractivity contribution in [2.75, 3.05) is 23.9 Å². The van der Waals surface area contributed by atoms with Crippen molar-refractivity contribution in [2.45, 2.75) is 19.4 Å². The van der Waals surface area contributed by atoms with E-state index in [-0.39, 0.29) is 12.3 Å². The molecule has 2 amide bonds. The SMILES string of the molecule is CCN(C(=O)[C@@H](N)Cc1cc(F)cc(F)c1)c1ccc(NC(=O)OC)cc1. The lowest BCUT2D eigenvalue weighted by atomic mass is 10.0. The van der Waals surface area contributed by atoms with E-state index in [2.05, 4.69) is 10.1 Å². The first-order valence-electron chi connectivity index (χ1n) is 8.31. The molecule has 2 aromatic rings. The Hall–Kier alpha value is -3.00. The number of methoxy groups -OCH3 is 1. The van der Waals surface area contributed by atoms with Gasteiger partial charge in [0.1, 0.15) is 11.6 Å². The molecule has 0 fully saturated rings. The van der Waals surface area contributed by atoms with Crippen LogP contribution in [0.4, 0.5) is 25.0 Å². The van der Waals surface area contributed by atoms with Gasteiger partial charge < -0.3 is 15.4 Å². The zero-order valence-electron chi connectivity index (χ0n) is 15.0. The smallest absolute Gasteiger partial charge is 0.411 e. The van der Waals surface area contributed by atoms with Gasteiger partial charge in [-0.05, 0) is 55.3 Å². The molecule has 0 saturated heterocycles. The van der Waals surface area contributed by atoms with E-state index in [1.165, 1.54) is 12.0 Å². The molecule has 1 atom stereocenters. The number of nitrogens with two attached hydrogens (primary N) is 1. The highest BCUT2D eigenvalue weighted by atomic mass is 19.1. The Morgan fingerprint density at radius 3 is 2.26 bits per heavy atom.